The number of nitrogens with one attached hydrogen (secondary N) is 1. The molecule has 1 unspecified atom stereocenters. The number of benzene rings is 2. The molecule has 0 bridgehead atoms. The molecule has 0 saturated carbocycles. The average Bonchev–Trinajstić information content (AvgIpc) is 3.10. The molecule has 26 heavy (non-hydrogen) atoms. The number of hydrogen-bond donors (Lipinski definition) is 1. The zero-order valence-electron chi connectivity index (χ0n) is 14.3. The highest BCUT2D eigenvalue weighted by Crippen LogP contribution is 2.21. The van der Waals surface area contributed by atoms with Crippen LogP contribution in [0.3, 0.4) is 0 Å². The van der Waals surface area contributed by atoms with Crippen molar-refractivity contribution in [1.29, 1.82) is 0 Å². The molecule has 3 aromatic rings. The van der Waals surface area contributed by atoms with E-state index < -0.39 is 18.0 Å². The Morgan fingerprint density at radius 1 is 1.27 bits per heavy atom. The lowest BCUT2D eigenvalue weighted by Gasteiger charge is -2.17. The molecule has 6 nitrogen and oxygen atoms in total. The molecule has 0 spiro atoms. The number of carbonyl (C=O) groups excluding carboxylic acids is 2. The summed E-state index contributed by atoms with van der Waals surface area (Å²) in [5, 5.41) is 3.27. The molecule has 3 rings (SSSR count). The van der Waals surface area contributed by atoms with Crippen molar-refractivity contribution in [2.24, 2.45) is 0 Å². The molecule has 1 N–H and O–H groups in total. The molecular formula is C19H17ClN2O4. The standard InChI is InChI=1S/C19H17ClN2O4/c1-3-16(18(23)22-15-9-13(20)6-4-11(15)2)26-19(24)12-5-7-14-17(8-12)25-10-21-14/h4-10,16H,3H2,1-2H3,(H,22,23). The van der Waals surface area contributed by atoms with E-state index in [-0.39, 0.29) is 0 Å². The van der Waals surface area contributed by atoms with Crippen LogP contribution in [0.25, 0.3) is 11.1 Å². The Morgan fingerprint density at radius 2 is 2.08 bits per heavy atom. The van der Waals surface area contributed by atoms with Gasteiger partial charge in [-0.15, -0.1) is 0 Å². The van der Waals surface area contributed by atoms with Gasteiger partial charge in [0.2, 0.25) is 0 Å². The molecular weight excluding hydrogens is 356 g/mol. The lowest BCUT2D eigenvalue weighted by molar-refractivity contribution is -0.124. The summed E-state index contributed by atoms with van der Waals surface area (Å²) in [4.78, 5) is 28.9. The Balaban J connectivity index is 1.72. The second-order valence-electron chi connectivity index (χ2n) is 5.79. The molecule has 0 aliphatic heterocycles. The summed E-state index contributed by atoms with van der Waals surface area (Å²) in [6.07, 6.45) is 0.711. The molecule has 0 aliphatic rings. The first-order chi connectivity index (χ1) is 12.5. The third kappa shape index (κ3) is 3.86. The van der Waals surface area contributed by atoms with Gasteiger partial charge in [-0.1, -0.05) is 24.6 Å². The molecule has 7 heteroatoms. The fraction of sp³-hybridized carbons (Fsp3) is 0.211. The summed E-state index contributed by atoms with van der Waals surface area (Å²) < 4.78 is 10.5. The smallest absolute Gasteiger partial charge is 0.339 e. The summed E-state index contributed by atoms with van der Waals surface area (Å²) in [5.41, 5.74) is 2.86. The Morgan fingerprint density at radius 3 is 2.85 bits per heavy atom. The van der Waals surface area contributed by atoms with Crippen molar-refractivity contribution in [3.05, 3.63) is 58.9 Å². The molecule has 1 atom stereocenters. The first-order valence-corrected chi connectivity index (χ1v) is 8.47. The Hall–Kier alpha value is -2.86. The number of halogens is 1. The highest BCUT2D eigenvalue weighted by molar-refractivity contribution is 6.31. The maximum atomic E-state index is 12.5. The van der Waals surface area contributed by atoms with E-state index in [4.69, 9.17) is 20.8 Å². The highest BCUT2D eigenvalue weighted by atomic mass is 35.5. The van der Waals surface area contributed by atoms with Crippen molar-refractivity contribution in [3.8, 4) is 0 Å². The van der Waals surface area contributed by atoms with Crippen LogP contribution in [0.4, 0.5) is 5.69 Å². The molecule has 1 heterocycles. The van der Waals surface area contributed by atoms with Gasteiger partial charge < -0.3 is 14.5 Å². The maximum Gasteiger partial charge on any atom is 0.339 e. The summed E-state index contributed by atoms with van der Waals surface area (Å²) >= 11 is 5.97. The summed E-state index contributed by atoms with van der Waals surface area (Å²) in [7, 11) is 0. The number of amides is 1. The number of esters is 1. The number of carbonyl (C=O) groups is 2. The monoisotopic (exact) mass is 372 g/mol. The Labute approximate surface area is 155 Å². The second kappa shape index (κ2) is 7.58. The van der Waals surface area contributed by atoms with E-state index in [0.717, 1.165) is 5.56 Å². The van der Waals surface area contributed by atoms with Gasteiger partial charge in [0.1, 0.15) is 5.52 Å². The van der Waals surface area contributed by atoms with Crippen molar-refractivity contribution >= 4 is 40.3 Å². The van der Waals surface area contributed by atoms with Gasteiger partial charge in [-0.2, -0.15) is 0 Å². The van der Waals surface area contributed by atoms with Crippen molar-refractivity contribution in [2.75, 3.05) is 5.32 Å². The third-order valence-corrected chi connectivity index (χ3v) is 4.17. The zero-order valence-corrected chi connectivity index (χ0v) is 15.0. The number of fused-ring (bicyclic) bond motifs is 1. The molecule has 134 valence electrons. The number of ether oxygens (including phenoxy) is 1. The Kier molecular flexibility index (Phi) is 5.23. The van der Waals surface area contributed by atoms with Crippen LogP contribution < -0.4 is 5.32 Å². The maximum absolute atomic E-state index is 12.5. The van der Waals surface area contributed by atoms with E-state index >= 15 is 0 Å². The number of oxazole rings is 1. The molecule has 2 aromatic carbocycles. The number of rotatable bonds is 5. The van der Waals surface area contributed by atoms with Crippen molar-refractivity contribution in [1.82, 2.24) is 4.98 Å². The van der Waals surface area contributed by atoms with Gasteiger partial charge in [0, 0.05) is 10.7 Å². The topological polar surface area (TPSA) is 81.4 Å². The average molecular weight is 373 g/mol. The van der Waals surface area contributed by atoms with Crippen molar-refractivity contribution in [2.45, 2.75) is 26.4 Å². The summed E-state index contributed by atoms with van der Waals surface area (Å²) in [6, 6.07) is 9.98. The second-order valence-corrected chi connectivity index (χ2v) is 6.22. The lowest BCUT2D eigenvalue weighted by Crippen LogP contribution is -2.32. The zero-order chi connectivity index (χ0) is 18.7. The van der Waals surface area contributed by atoms with Crippen molar-refractivity contribution < 1.29 is 18.7 Å². The van der Waals surface area contributed by atoms with Gasteiger partial charge in [0.15, 0.2) is 18.1 Å². The summed E-state index contributed by atoms with van der Waals surface area (Å²) in [6.45, 7) is 3.62. The predicted octanol–water partition coefficient (Wildman–Crippen LogP) is 4.36. The number of aryl methyl sites for hydroxylation is 1. The van der Waals surface area contributed by atoms with E-state index in [1.165, 1.54) is 12.5 Å². The van der Waals surface area contributed by atoms with Crippen LogP contribution in [0.15, 0.2) is 47.2 Å². The first kappa shape index (κ1) is 17.9. The lowest BCUT2D eigenvalue weighted by atomic mass is 10.1. The highest BCUT2D eigenvalue weighted by Gasteiger charge is 2.23. The number of aromatic nitrogens is 1. The largest absolute Gasteiger partial charge is 0.449 e. The number of hydrogen-bond acceptors (Lipinski definition) is 5. The predicted molar refractivity (Wildman–Crippen MR) is 98.3 cm³/mol. The van der Waals surface area contributed by atoms with Gasteiger partial charge in [0.05, 0.1) is 5.56 Å². The molecule has 1 aromatic heterocycles. The van der Waals surface area contributed by atoms with Crippen LogP contribution in [0.1, 0.15) is 29.3 Å². The van der Waals surface area contributed by atoms with Crippen LogP contribution in [0.5, 0.6) is 0 Å². The first-order valence-electron chi connectivity index (χ1n) is 8.09. The van der Waals surface area contributed by atoms with E-state index in [0.29, 0.717) is 33.8 Å². The minimum absolute atomic E-state index is 0.291. The van der Waals surface area contributed by atoms with Crippen LogP contribution in [-0.4, -0.2) is 23.0 Å². The molecule has 0 aliphatic carbocycles. The van der Waals surface area contributed by atoms with Crippen LogP contribution in [0.2, 0.25) is 5.02 Å². The van der Waals surface area contributed by atoms with Crippen LogP contribution >= 0.6 is 11.6 Å². The minimum Gasteiger partial charge on any atom is -0.449 e. The van der Waals surface area contributed by atoms with E-state index in [9.17, 15) is 9.59 Å². The SMILES string of the molecule is CCC(OC(=O)c1ccc2ncoc2c1)C(=O)Nc1cc(Cl)ccc1C. The van der Waals surface area contributed by atoms with Gasteiger partial charge in [-0.05, 0) is 49.2 Å². The molecule has 1 amide bonds. The van der Waals surface area contributed by atoms with Crippen LogP contribution in [0, 0.1) is 6.92 Å². The normalized spacial score (nSPS) is 12.0. The molecule has 0 radical (unpaired) electrons. The summed E-state index contributed by atoms with van der Waals surface area (Å²) in [5.74, 6) is -1.01. The van der Waals surface area contributed by atoms with Gasteiger partial charge in [0.25, 0.3) is 5.91 Å². The number of anilines is 1. The van der Waals surface area contributed by atoms with Gasteiger partial charge >= 0.3 is 5.97 Å². The van der Waals surface area contributed by atoms with E-state index in [2.05, 4.69) is 10.3 Å². The van der Waals surface area contributed by atoms with E-state index in [1.807, 2.05) is 6.92 Å². The molecule has 0 fully saturated rings. The Bertz CT molecular complexity index is 967. The van der Waals surface area contributed by atoms with Gasteiger partial charge in [-0.3, -0.25) is 4.79 Å². The quantitative estimate of drug-likeness (QED) is 0.673. The third-order valence-electron chi connectivity index (χ3n) is 3.94. The number of nitrogens with zero attached hydrogens (tertiary/aromatic N) is 1. The fourth-order valence-electron chi connectivity index (χ4n) is 2.44. The molecule has 0 saturated heterocycles. The fourth-order valence-corrected chi connectivity index (χ4v) is 2.62. The van der Waals surface area contributed by atoms with Crippen molar-refractivity contribution in [3.63, 3.8) is 0 Å². The van der Waals surface area contributed by atoms with Gasteiger partial charge in [-0.25, -0.2) is 9.78 Å². The minimum atomic E-state index is -0.925. The van der Waals surface area contributed by atoms with E-state index in [1.54, 1.807) is 37.3 Å². The van der Waals surface area contributed by atoms with Crippen LogP contribution in [-0.2, 0) is 9.53 Å².